The van der Waals surface area contributed by atoms with Crippen LogP contribution in [0.2, 0.25) is 0 Å². The average Bonchev–Trinajstić information content (AvgIpc) is 2.49. The molecular formula is C18H18BrNO. The van der Waals surface area contributed by atoms with Crippen molar-refractivity contribution in [1.82, 2.24) is 5.32 Å². The number of amides is 1. The highest BCUT2D eigenvalue weighted by Crippen LogP contribution is 2.33. The second-order valence-electron chi connectivity index (χ2n) is 5.63. The van der Waals surface area contributed by atoms with E-state index in [1.54, 1.807) is 0 Å². The summed E-state index contributed by atoms with van der Waals surface area (Å²) in [6, 6.07) is 12.7. The third-order valence-electron chi connectivity index (χ3n) is 4.17. The van der Waals surface area contributed by atoms with Crippen molar-refractivity contribution < 1.29 is 4.79 Å². The van der Waals surface area contributed by atoms with Gasteiger partial charge in [-0.05, 0) is 54.2 Å². The fraction of sp³-hybridized carbons (Fsp3) is 0.278. The van der Waals surface area contributed by atoms with E-state index in [-0.39, 0.29) is 10.7 Å². The molecule has 21 heavy (non-hydrogen) atoms. The summed E-state index contributed by atoms with van der Waals surface area (Å²) in [6.45, 7) is 4.98. The number of hydrogen-bond donors (Lipinski definition) is 1. The Morgan fingerprint density at radius 3 is 2.52 bits per heavy atom. The van der Waals surface area contributed by atoms with E-state index >= 15 is 0 Å². The highest BCUT2D eigenvalue weighted by atomic mass is 79.9. The number of halogens is 1. The van der Waals surface area contributed by atoms with Crippen LogP contribution in [0.5, 0.6) is 0 Å². The molecule has 2 aromatic carbocycles. The maximum atomic E-state index is 12.0. The molecule has 1 N–H and O–H groups in total. The van der Waals surface area contributed by atoms with Crippen LogP contribution in [0.4, 0.5) is 0 Å². The van der Waals surface area contributed by atoms with E-state index in [9.17, 15) is 4.79 Å². The number of aryl methyl sites for hydroxylation is 2. The molecule has 1 amide bonds. The van der Waals surface area contributed by atoms with Gasteiger partial charge in [0.1, 0.15) is 0 Å². The molecule has 0 aliphatic carbocycles. The van der Waals surface area contributed by atoms with E-state index in [1.165, 1.54) is 16.7 Å². The Morgan fingerprint density at radius 1 is 1.05 bits per heavy atom. The normalized spacial score (nSPS) is 15.3. The minimum atomic E-state index is 0.0397. The van der Waals surface area contributed by atoms with Crippen molar-refractivity contribution in [1.29, 1.82) is 0 Å². The average molecular weight is 344 g/mol. The predicted octanol–water partition coefficient (Wildman–Crippen LogP) is 4.07. The Hall–Kier alpha value is -1.61. The largest absolute Gasteiger partial charge is 0.352 e. The molecule has 1 unspecified atom stereocenters. The fourth-order valence-corrected chi connectivity index (χ4v) is 3.27. The number of alkyl halides is 1. The first-order chi connectivity index (χ1) is 10.1. The van der Waals surface area contributed by atoms with Gasteiger partial charge in [-0.25, -0.2) is 0 Å². The number of hydrogen-bond acceptors (Lipinski definition) is 1. The van der Waals surface area contributed by atoms with Crippen LogP contribution in [-0.4, -0.2) is 12.5 Å². The lowest BCUT2D eigenvalue weighted by molar-refractivity contribution is 0.0946. The monoisotopic (exact) mass is 343 g/mol. The summed E-state index contributed by atoms with van der Waals surface area (Å²) in [5.41, 5.74) is 6.87. The third kappa shape index (κ3) is 2.75. The number of benzene rings is 2. The molecule has 0 spiro atoms. The van der Waals surface area contributed by atoms with Crippen LogP contribution < -0.4 is 5.32 Å². The topological polar surface area (TPSA) is 29.1 Å². The van der Waals surface area contributed by atoms with E-state index in [0.29, 0.717) is 0 Å². The molecule has 1 heterocycles. The van der Waals surface area contributed by atoms with E-state index < -0.39 is 0 Å². The lowest BCUT2D eigenvalue weighted by Gasteiger charge is -2.19. The van der Waals surface area contributed by atoms with E-state index in [2.05, 4.69) is 65.4 Å². The van der Waals surface area contributed by atoms with Crippen LogP contribution >= 0.6 is 15.9 Å². The second-order valence-corrected chi connectivity index (χ2v) is 6.54. The van der Waals surface area contributed by atoms with Gasteiger partial charge in [-0.3, -0.25) is 4.79 Å². The molecule has 3 rings (SSSR count). The second kappa shape index (κ2) is 5.64. The van der Waals surface area contributed by atoms with Gasteiger partial charge >= 0.3 is 0 Å². The summed E-state index contributed by atoms with van der Waals surface area (Å²) in [6.07, 6.45) is 0.915. The van der Waals surface area contributed by atoms with Crippen molar-refractivity contribution in [2.75, 3.05) is 6.54 Å². The van der Waals surface area contributed by atoms with Gasteiger partial charge in [0.15, 0.2) is 0 Å². The molecule has 0 saturated carbocycles. The third-order valence-corrected chi connectivity index (χ3v) is 5.23. The number of rotatable bonds is 2. The maximum Gasteiger partial charge on any atom is 0.251 e. The van der Waals surface area contributed by atoms with Crippen molar-refractivity contribution >= 4 is 21.8 Å². The van der Waals surface area contributed by atoms with Crippen LogP contribution in [0.25, 0.3) is 0 Å². The standard InChI is InChI=1S/C18H18BrNO/c1-11-3-4-14(9-12(11)2)17(19)15-6-5-13-7-8-20-18(21)16(13)10-15/h3-6,9-10,17H,7-8H2,1-2H3,(H,20,21). The molecule has 2 nitrogen and oxygen atoms in total. The Kier molecular flexibility index (Phi) is 3.85. The molecule has 108 valence electrons. The van der Waals surface area contributed by atoms with Crippen molar-refractivity contribution in [3.63, 3.8) is 0 Å². The summed E-state index contributed by atoms with van der Waals surface area (Å²) in [5.74, 6) is 0.0397. The molecule has 1 atom stereocenters. The minimum Gasteiger partial charge on any atom is -0.352 e. The smallest absolute Gasteiger partial charge is 0.251 e. The Morgan fingerprint density at radius 2 is 1.76 bits per heavy atom. The molecule has 0 aromatic heterocycles. The Labute approximate surface area is 133 Å². The van der Waals surface area contributed by atoms with Crippen LogP contribution in [-0.2, 0) is 6.42 Å². The molecule has 2 aromatic rings. The van der Waals surface area contributed by atoms with Crippen LogP contribution in [0.1, 0.15) is 43.0 Å². The minimum absolute atomic E-state index is 0.0397. The SMILES string of the molecule is Cc1ccc(C(Br)c2ccc3c(c2)C(=O)NCC3)cc1C. The summed E-state index contributed by atoms with van der Waals surface area (Å²) >= 11 is 3.77. The first-order valence-corrected chi connectivity index (χ1v) is 8.10. The first kappa shape index (κ1) is 14.3. The van der Waals surface area contributed by atoms with Gasteiger partial charge in [-0.2, -0.15) is 0 Å². The maximum absolute atomic E-state index is 12.0. The van der Waals surface area contributed by atoms with Crippen LogP contribution in [0.3, 0.4) is 0 Å². The molecule has 0 bridgehead atoms. The van der Waals surface area contributed by atoms with Crippen molar-refractivity contribution in [3.8, 4) is 0 Å². The first-order valence-electron chi connectivity index (χ1n) is 7.18. The molecule has 0 radical (unpaired) electrons. The van der Waals surface area contributed by atoms with Crippen LogP contribution in [0.15, 0.2) is 36.4 Å². The summed E-state index contributed by atoms with van der Waals surface area (Å²) < 4.78 is 0. The number of carbonyl (C=O) groups is 1. The molecule has 1 aliphatic heterocycles. The van der Waals surface area contributed by atoms with Gasteiger partial charge in [0.05, 0.1) is 4.83 Å². The number of carbonyl (C=O) groups excluding carboxylic acids is 1. The van der Waals surface area contributed by atoms with E-state index in [1.807, 2.05) is 6.07 Å². The van der Waals surface area contributed by atoms with Gasteiger partial charge < -0.3 is 5.32 Å². The van der Waals surface area contributed by atoms with Crippen LogP contribution in [0, 0.1) is 13.8 Å². The molecular weight excluding hydrogens is 326 g/mol. The van der Waals surface area contributed by atoms with Gasteiger partial charge in [0.25, 0.3) is 5.91 Å². The molecule has 0 fully saturated rings. The van der Waals surface area contributed by atoms with Gasteiger partial charge in [0, 0.05) is 12.1 Å². The zero-order chi connectivity index (χ0) is 15.0. The van der Waals surface area contributed by atoms with E-state index in [4.69, 9.17) is 0 Å². The molecule has 0 saturated heterocycles. The zero-order valence-corrected chi connectivity index (χ0v) is 13.8. The summed E-state index contributed by atoms with van der Waals surface area (Å²) in [5, 5.41) is 2.91. The molecule has 3 heteroatoms. The highest BCUT2D eigenvalue weighted by molar-refractivity contribution is 9.09. The van der Waals surface area contributed by atoms with Gasteiger partial charge in [-0.1, -0.05) is 46.3 Å². The van der Waals surface area contributed by atoms with Crippen molar-refractivity contribution in [2.24, 2.45) is 0 Å². The van der Waals surface area contributed by atoms with Gasteiger partial charge in [0.2, 0.25) is 0 Å². The van der Waals surface area contributed by atoms with Gasteiger partial charge in [-0.15, -0.1) is 0 Å². The fourth-order valence-electron chi connectivity index (χ4n) is 2.70. The molecule has 1 aliphatic rings. The lowest BCUT2D eigenvalue weighted by atomic mass is 9.94. The number of nitrogens with one attached hydrogen (secondary N) is 1. The summed E-state index contributed by atoms with van der Waals surface area (Å²) in [7, 11) is 0. The van der Waals surface area contributed by atoms with E-state index in [0.717, 1.165) is 29.7 Å². The van der Waals surface area contributed by atoms with Crippen molar-refractivity contribution in [2.45, 2.75) is 25.1 Å². The quantitative estimate of drug-likeness (QED) is 0.818. The summed E-state index contributed by atoms with van der Waals surface area (Å²) in [4.78, 5) is 12.1. The lowest BCUT2D eigenvalue weighted by Crippen LogP contribution is -2.31. The Bertz CT molecular complexity index is 708. The predicted molar refractivity (Wildman–Crippen MR) is 89.2 cm³/mol. The Balaban J connectivity index is 1.98. The number of fused-ring (bicyclic) bond motifs is 1. The highest BCUT2D eigenvalue weighted by Gasteiger charge is 2.19. The zero-order valence-electron chi connectivity index (χ0n) is 12.2. The van der Waals surface area contributed by atoms with Crippen molar-refractivity contribution in [3.05, 3.63) is 69.8 Å².